The Morgan fingerprint density at radius 3 is 2.64 bits per heavy atom. The summed E-state index contributed by atoms with van der Waals surface area (Å²) in [6.45, 7) is 1.74. The number of aromatic nitrogens is 1. The van der Waals surface area contributed by atoms with Crippen LogP contribution >= 0.6 is 22.6 Å². The fourth-order valence-electron chi connectivity index (χ4n) is 2.19. The average molecular weight is 404 g/mol. The molecule has 22 heavy (non-hydrogen) atoms. The zero-order valence-electron chi connectivity index (χ0n) is 11.8. The summed E-state index contributed by atoms with van der Waals surface area (Å²) in [6.07, 6.45) is 0. The van der Waals surface area contributed by atoms with E-state index in [4.69, 9.17) is 4.52 Å². The van der Waals surface area contributed by atoms with E-state index in [-0.39, 0.29) is 5.91 Å². The minimum atomic E-state index is -0.223. The second-order valence-corrected chi connectivity index (χ2v) is 6.04. The van der Waals surface area contributed by atoms with Gasteiger partial charge >= 0.3 is 0 Å². The van der Waals surface area contributed by atoms with Crippen LogP contribution in [0, 0.1) is 10.5 Å². The zero-order valence-corrected chi connectivity index (χ0v) is 14.0. The number of nitrogens with one attached hydrogen (secondary N) is 1. The average Bonchev–Trinajstić information content (AvgIpc) is 2.90. The monoisotopic (exact) mass is 404 g/mol. The largest absolute Gasteiger partial charge is 0.360 e. The van der Waals surface area contributed by atoms with Gasteiger partial charge in [0.25, 0.3) is 5.91 Å². The minimum Gasteiger partial charge on any atom is -0.360 e. The van der Waals surface area contributed by atoms with Crippen LogP contribution in [0.4, 0.5) is 5.69 Å². The van der Waals surface area contributed by atoms with E-state index in [1.54, 1.807) is 6.92 Å². The minimum absolute atomic E-state index is 0.223. The number of rotatable bonds is 3. The molecular formula is C17H13IN2O2. The highest BCUT2D eigenvalue weighted by molar-refractivity contribution is 14.1. The van der Waals surface area contributed by atoms with E-state index in [9.17, 15) is 4.79 Å². The van der Waals surface area contributed by atoms with Gasteiger partial charge in [-0.3, -0.25) is 4.79 Å². The van der Waals surface area contributed by atoms with Crippen molar-refractivity contribution in [2.45, 2.75) is 6.92 Å². The van der Waals surface area contributed by atoms with Gasteiger partial charge in [0.2, 0.25) is 0 Å². The molecule has 3 rings (SSSR count). The van der Waals surface area contributed by atoms with Crippen LogP contribution in [0.2, 0.25) is 0 Å². The number of carbonyl (C=O) groups excluding carboxylic acids is 1. The number of carbonyl (C=O) groups is 1. The van der Waals surface area contributed by atoms with Crippen LogP contribution in [0.5, 0.6) is 0 Å². The van der Waals surface area contributed by atoms with Crippen molar-refractivity contribution in [1.29, 1.82) is 0 Å². The fraction of sp³-hybridized carbons (Fsp3) is 0.0588. The fourth-order valence-corrected chi connectivity index (χ4v) is 2.74. The molecule has 2 aromatic carbocycles. The number of anilines is 1. The summed E-state index contributed by atoms with van der Waals surface area (Å²) < 4.78 is 6.28. The van der Waals surface area contributed by atoms with Crippen molar-refractivity contribution in [3.63, 3.8) is 0 Å². The summed E-state index contributed by atoms with van der Waals surface area (Å²) >= 11 is 2.21. The number of aryl methyl sites for hydroxylation is 1. The summed E-state index contributed by atoms with van der Waals surface area (Å²) in [4.78, 5) is 12.6. The highest BCUT2D eigenvalue weighted by Gasteiger charge is 2.21. The van der Waals surface area contributed by atoms with Crippen LogP contribution in [0.15, 0.2) is 59.1 Å². The molecule has 3 aromatic rings. The molecule has 0 fully saturated rings. The van der Waals surface area contributed by atoms with E-state index < -0.39 is 0 Å². The molecule has 0 unspecified atom stereocenters. The third-order valence-corrected chi connectivity index (χ3v) is 3.89. The van der Waals surface area contributed by atoms with E-state index in [2.05, 4.69) is 33.1 Å². The number of nitrogens with zero attached hydrogens (tertiary/aromatic N) is 1. The smallest absolute Gasteiger partial charge is 0.261 e. The van der Waals surface area contributed by atoms with Gasteiger partial charge in [0.1, 0.15) is 17.0 Å². The van der Waals surface area contributed by atoms with Crippen molar-refractivity contribution < 1.29 is 9.32 Å². The molecule has 1 amide bonds. The van der Waals surface area contributed by atoms with Gasteiger partial charge in [0.15, 0.2) is 0 Å². The van der Waals surface area contributed by atoms with Gasteiger partial charge in [-0.25, -0.2) is 0 Å². The highest BCUT2D eigenvalue weighted by atomic mass is 127. The van der Waals surface area contributed by atoms with Crippen LogP contribution in [0.3, 0.4) is 0 Å². The Kier molecular flexibility index (Phi) is 4.24. The molecule has 0 spiro atoms. The third kappa shape index (κ3) is 3.04. The van der Waals surface area contributed by atoms with Crippen molar-refractivity contribution in [3.8, 4) is 11.3 Å². The molecule has 0 aliphatic rings. The van der Waals surface area contributed by atoms with Crippen LogP contribution in [0.1, 0.15) is 16.1 Å². The van der Waals surface area contributed by atoms with Crippen molar-refractivity contribution in [3.05, 3.63) is 69.5 Å². The van der Waals surface area contributed by atoms with E-state index in [1.807, 2.05) is 54.6 Å². The Balaban J connectivity index is 1.95. The van der Waals surface area contributed by atoms with Crippen molar-refractivity contribution in [1.82, 2.24) is 5.16 Å². The third-order valence-electron chi connectivity index (χ3n) is 3.22. The van der Waals surface area contributed by atoms with Crippen LogP contribution in [0.25, 0.3) is 11.3 Å². The molecular weight excluding hydrogens is 391 g/mol. The van der Waals surface area contributed by atoms with Gasteiger partial charge in [0.05, 0.1) is 0 Å². The molecule has 0 atom stereocenters. The molecule has 0 aliphatic carbocycles. The molecule has 1 N–H and O–H groups in total. The number of hydrogen-bond acceptors (Lipinski definition) is 3. The molecule has 110 valence electrons. The summed E-state index contributed by atoms with van der Waals surface area (Å²) in [5, 5.41) is 6.92. The number of amides is 1. The first-order valence-electron chi connectivity index (χ1n) is 6.74. The molecule has 1 heterocycles. The molecule has 0 saturated heterocycles. The molecule has 1 aromatic heterocycles. The quantitative estimate of drug-likeness (QED) is 0.654. The summed E-state index contributed by atoms with van der Waals surface area (Å²) in [5.41, 5.74) is 2.62. The normalized spacial score (nSPS) is 10.5. The second-order valence-electron chi connectivity index (χ2n) is 4.79. The molecule has 0 radical (unpaired) electrons. The lowest BCUT2D eigenvalue weighted by molar-refractivity contribution is 0.102. The van der Waals surface area contributed by atoms with Gasteiger partial charge in [0, 0.05) is 14.8 Å². The lowest BCUT2D eigenvalue weighted by Crippen LogP contribution is -2.13. The van der Waals surface area contributed by atoms with Crippen molar-refractivity contribution in [2.24, 2.45) is 0 Å². The molecule has 0 aliphatic heterocycles. The Hall–Kier alpha value is -2.15. The van der Waals surface area contributed by atoms with Crippen molar-refractivity contribution in [2.75, 3.05) is 5.32 Å². The molecule has 0 saturated carbocycles. The van der Waals surface area contributed by atoms with Gasteiger partial charge in [-0.1, -0.05) is 41.6 Å². The Labute approximate surface area is 141 Å². The maximum absolute atomic E-state index is 12.6. The molecule has 4 nitrogen and oxygen atoms in total. The standard InChI is InChI=1S/C17H13IN2O2/c1-11-15(16(20-22-11)12-6-3-2-4-7-12)17(21)19-14-9-5-8-13(18)10-14/h2-10H,1H3,(H,19,21). The Morgan fingerprint density at radius 1 is 1.14 bits per heavy atom. The first-order valence-corrected chi connectivity index (χ1v) is 7.81. The predicted octanol–water partition coefficient (Wildman–Crippen LogP) is 4.51. The van der Waals surface area contributed by atoms with E-state index >= 15 is 0 Å². The van der Waals surface area contributed by atoms with E-state index in [0.717, 1.165) is 14.8 Å². The highest BCUT2D eigenvalue weighted by Crippen LogP contribution is 2.26. The van der Waals surface area contributed by atoms with Crippen molar-refractivity contribution >= 4 is 34.2 Å². The molecule has 5 heteroatoms. The van der Waals surface area contributed by atoms with E-state index in [1.165, 1.54) is 0 Å². The van der Waals surface area contributed by atoms with E-state index in [0.29, 0.717) is 17.0 Å². The summed E-state index contributed by atoms with van der Waals surface area (Å²) in [7, 11) is 0. The zero-order chi connectivity index (χ0) is 15.5. The lowest BCUT2D eigenvalue weighted by atomic mass is 10.1. The van der Waals surface area contributed by atoms with Gasteiger partial charge in [-0.2, -0.15) is 0 Å². The SMILES string of the molecule is Cc1onc(-c2ccccc2)c1C(=O)Nc1cccc(I)c1. The number of benzene rings is 2. The topological polar surface area (TPSA) is 55.1 Å². The predicted molar refractivity (Wildman–Crippen MR) is 93.8 cm³/mol. The molecule has 0 bridgehead atoms. The van der Waals surface area contributed by atoms with Crippen LogP contribution < -0.4 is 5.32 Å². The second kappa shape index (κ2) is 6.31. The Bertz CT molecular complexity index is 813. The number of hydrogen-bond donors (Lipinski definition) is 1. The lowest BCUT2D eigenvalue weighted by Gasteiger charge is -2.06. The Morgan fingerprint density at radius 2 is 1.91 bits per heavy atom. The van der Waals surface area contributed by atoms with Gasteiger partial charge in [-0.05, 0) is 47.7 Å². The number of halogens is 1. The summed E-state index contributed by atoms with van der Waals surface area (Å²) in [6, 6.07) is 17.2. The first kappa shape index (κ1) is 14.8. The van der Waals surface area contributed by atoms with Gasteiger partial charge in [-0.15, -0.1) is 0 Å². The van der Waals surface area contributed by atoms with Crippen LogP contribution in [-0.2, 0) is 0 Å². The maximum atomic E-state index is 12.6. The van der Waals surface area contributed by atoms with Gasteiger partial charge < -0.3 is 9.84 Å². The maximum Gasteiger partial charge on any atom is 0.261 e. The summed E-state index contributed by atoms with van der Waals surface area (Å²) in [5.74, 6) is 0.279. The first-order chi connectivity index (χ1) is 10.6. The van der Waals surface area contributed by atoms with Crippen LogP contribution in [-0.4, -0.2) is 11.1 Å².